The number of hydrogen-bond acceptors (Lipinski definition) is 2. The summed E-state index contributed by atoms with van der Waals surface area (Å²) in [5, 5.41) is 8.06. The Morgan fingerprint density at radius 1 is 0.224 bits per heavy atom. The molecule has 11 aromatic carbocycles. The van der Waals surface area contributed by atoms with Gasteiger partial charge in [0.15, 0.2) is 5.82 Å². The quantitative estimate of drug-likeness (QED) is 0.160. The lowest BCUT2D eigenvalue weighted by Gasteiger charge is -2.15. The maximum Gasteiger partial charge on any atom is 0.237 e. The first-order valence-corrected chi connectivity index (χ1v) is 25.9. The van der Waals surface area contributed by atoms with Gasteiger partial charge in [-0.05, 0) is 124 Å². The van der Waals surface area contributed by atoms with Crippen LogP contribution in [0, 0.1) is 0 Å². The first-order chi connectivity index (χ1) is 37.7. The van der Waals surface area contributed by atoms with Gasteiger partial charge in [-0.2, -0.15) is 4.98 Å². The molecule has 0 unspecified atom stereocenters. The summed E-state index contributed by atoms with van der Waals surface area (Å²) < 4.78 is 9.40. The molecule has 0 aliphatic carbocycles. The van der Waals surface area contributed by atoms with Crippen LogP contribution < -0.4 is 0 Å². The number of benzene rings is 11. The average Bonchev–Trinajstić information content (AvgIpc) is 4.41. The third-order valence-electron chi connectivity index (χ3n) is 15.6. The fraction of sp³-hybridized carbons (Fsp3) is 0. The maximum absolute atomic E-state index is 5.89. The van der Waals surface area contributed by atoms with E-state index in [-0.39, 0.29) is 0 Å². The molecule has 0 spiro atoms. The Morgan fingerprint density at radius 2 is 0.566 bits per heavy atom. The van der Waals surface area contributed by atoms with Crippen LogP contribution in [-0.4, -0.2) is 28.2 Å². The van der Waals surface area contributed by atoms with Crippen LogP contribution in [0.4, 0.5) is 0 Å². The van der Waals surface area contributed by atoms with Crippen LogP contribution in [0.1, 0.15) is 0 Å². The molecular formula is C70H44N6. The van der Waals surface area contributed by atoms with Crippen molar-refractivity contribution in [1.82, 2.24) is 28.2 Å². The molecule has 0 aliphatic heterocycles. The highest BCUT2D eigenvalue weighted by molar-refractivity contribution is 6.16. The van der Waals surface area contributed by atoms with Gasteiger partial charge in [0.1, 0.15) is 11.0 Å². The Balaban J connectivity index is 1.02. The van der Waals surface area contributed by atoms with E-state index in [4.69, 9.17) is 9.97 Å². The van der Waals surface area contributed by atoms with Crippen LogP contribution in [-0.2, 0) is 0 Å². The molecule has 16 rings (SSSR count). The standard InChI is InChI=1S/C70H44N6/c1-5-19-45(20-6-1)47-33-38-64-57(41-47)54-28-14-17-31-61(54)75(64)69-68-67(71-70(72-69)76-62-32-18-15-29-55(62)58-42-48(34-39-65(58)76)46-21-7-2-8-22-46)59-44-50(36-40-66(59)74(68)52-25-11-4-12-26-52)49-35-37-63-56(43-49)53-27-13-16-30-60(53)73(63)51-23-9-3-10-24-51/h1-44H. The van der Waals surface area contributed by atoms with Crippen molar-refractivity contribution in [3.8, 4) is 56.5 Å². The summed E-state index contributed by atoms with van der Waals surface area (Å²) in [6.07, 6.45) is 0. The van der Waals surface area contributed by atoms with Crippen LogP contribution >= 0.6 is 0 Å². The van der Waals surface area contributed by atoms with Crippen molar-refractivity contribution in [3.63, 3.8) is 0 Å². The van der Waals surface area contributed by atoms with Gasteiger partial charge >= 0.3 is 0 Å². The summed E-state index contributed by atoms with van der Waals surface area (Å²) in [6, 6.07) is 96.3. The molecule has 6 heteroatoms. The number of hydrogen-bond donors (Lipinski definition) is 0. The fourth-order valence-corrected chi connectivity index (χ4v) is 12.2. The van der Waals surface area contributed by atoms with E-state index in [0.717, 1.165) is 99.4 Å². The van der Waals surface area contributed by atoms with Gasteiger partial charge in [-0.15, -0.1) is 0 Å². The number of fused-ring (bicyclic) bond motifs is 12. The Labute approximate surface area is 436 Å². The van der Waals surface area contributed by atoms with Gasteiger partial charge in [0.25, 0.3) is 0 Å². The molecule has 0 saturated carbocycles. The summed E-state index contributed by atoms with van der Waals surface area (Å²) in [5.41, 5.74) is 18.5. The van der Waals surface area contributed by atoms with E-state index in [0.29, 0.717) is 5.95 Å². The zero-order valence-corrected chi connectivity index (χ0v) is 41.1. The van der Waals surface area contributed by atoms with Crippen molar-refractivity contribution in [2.24, 2.45) is 0 Å². The van der Waals surface area contributed by atoms with Crippen LogP contribution in [0.25, 0.3) is 144 Å². The molecule has 16 aromatic rings. The number of aromatic nitrogens is 6. The lowest BCUT2D eigenvalue weighted by Crippen LogP contribution is -2.09. The molecular weight excluding hydrogens is 925 g/mol. The van der Waals surface area contributed by atoms with Gasteiger partial charge in [0.2, 0.25) is 5.95 Å². The van der Waals surface area contributed by atoms with Crippen LogP contribution in [0.5, 0.6) is 0 Å². The molecule has 0 fully saturated rings. The van der Waals surface area contributed by atoms with E-state index >= 15 is 0 Å². The minimum Gasteiger partial charge on any atom is -0.309 e. The minimum absolute atomic E-state index is 0.598. The summed E-state index contributed by atoms with van der Waals surface area (Å²) >= 11 is 0. The molecule has 0 bridgehead atoms. The highest BCUT2D eigenvalue weighted by Crippen LogP contribution is 2.43. The third kappa shape index (κ3) is 6.34. The van der Waals surface area contributed by atoms with Crippen LogP contribution in [0.15, 0.2) is 267 Å². The second-order valence-corrected chi connectivity index (χ2v) is 19.8. The highest BCUT2D eigenvalue weighted by atomic mass is 15.2. The molecule has 5 aromatic heterocycles. The van der Waals surface area contributed by atoms with E-state index in [9.17, 15) is 0 Å². The Bertz CT molecular complexity index is 4970. The van der Waals surface area contributed by atoms with E-state index in [1.54, 1.807) is 0 Å². The van der Waals surface area contributed by atoms with E-state index in [2.05, 4.69) is 285 Å². The second kappa shape index (κ2) is 16.6. The maximum atomic E-state index is 5.89. The molecule has 0 saturated heterocycles. The lowest BCUT2D eigenvalue weighted by atomic mass is 10.0. The van der Waals surface area contributed by atoms with E-state index < -0.39 is 0 Å². The van der Waals surface area contributed by atoms with Crippen molar-refractivity contribution in [3.05, 3.63) is 267 Å². The zero-order chi connectivity index (χ0) is 49.8. The van der Waals surface area contributed by atoms with Crippen LogP contribution in [0.3, 0.4) is 0 Å². The normalized spacial score (nSPS) is 11.9. The Hall–Kier alpha value is -10.3. The predicted molar refractivity (Wildman–Crippen MR) is 316 cm³/mol. The molecule has 0 amide bonds. The first-order valence-electron chi connectivity index (χ1n) is 25.9. The molecule has 6 nitrogen and oxygen atoms in total. The number of rotatable bonds is 7. The predicted octanol–water partition coefficient (Wildman–Crippen LogP) is 17.9. The summed E-state index contributed by atoms with van der Waals surface area (Å²) in [4.78, 5) is 11.7. The van der Waals surface area contributed by atoms with Crippen molar-refractivity contribution < 1.29 is 0 Å². The van der Waals surface area contributed by atoms with E-state index in [1.807, 2.05) is 0 Å². The summed E-state index contributed by atoms with van der Waals surface area (Å²) in [6.45, 7) is 0. The van der Waals surface area contributed by atoms with Crippen molar-refractivity contribution in [1.29, 1.82) is 0 Å². The zero-order valence-electron chi connectivity index (χ0n) is 41.1. The SMILES string of the molecule is c1ccc(-c2ccc3c(c2)c2ccccc2n3-c2nc(-n3c4ccccc4c4cc(-c5ccccc5)ccc43)c3c(n2)c2cc(-c4ccc5c(c4)c4ccccc4n5-c4ccccc4)ccc2n3-c2ccccc2)cc1. The molecule has 0 radical (unpaired) electrons. The van der Waals surface area contributed by atoms with Crippen molar-refractivity contribution in [2.75, 3.05) is 0 Å². The molecule has 0 N–H and O–H groups in total. The topological polar surface area (TPSA) is 45.5 Å². The monoisotopic (exact) mass is 968 g/mol. The lowest BCUT2D eigenvalue weighted by molar-refractivity contribution is 0.964. The average molecular weight is 969 g/mol. The highest BCUT2D eigenvalue weighted by Gasteiger charge is 2.26. The molecule has 76 heavy (non-hydrogen) atoms. The van der Waals surface area contributed by atoms with Crippen molar-refractivity contribution in [2.45, 2.75) is 0 Å². The largest absolute Gasteiger partial charge is 0.309 e. The third-order valence-corrected chi connectivity index (χ3v) is 15.6. The number of para-hydroxylation sites is 5. The van der Waals surface area contributed by atoms with Gasteiger partial charge in [0, 0.05) is 49.1 Å². The number of nitrogens with zero attached hydrogens (tertiary/aromatic N) is 6. The second-order valence-electron chi connectivity index (χ2n) is 19.8. The van der Waals surface area contributed by atoms with Crippen molar-refractivity contribution >= 4 is 87.4 Å². The fourth-order valence-electron chi connectivity index (χ4n) is 12.2. The van der Waals surface area contributed by atoms with Crippen LogP contribution in [0.2, 0.25) is 0 Å². The molecule has 0 atom stereocenters. The molecule has 354 valence electrons. The summed E-state index contributed by atoms with van der Waals surface area (Å²) in [7, 11) is 0. The minimum atomic E-state index is 0.598. The molecule has 0 aliphatic rings. The summed E-state index contributed by atoms with van der Waals surface area (Å²) in [5.74, 6) is 1.39. The first kappa shape index (κ1) is 42.2. The smallest absolute Gasteiger partial charge is 0.237 e. The van der Waals surface area contributed by atoms with Gasteiger partial charge in [-0.25, -0.2) is 4.98 Å². The Kier molecular flexibility index (Phi) is 9.23. The van der Waals surface area contributed by atoms with E-state index in [1.165, 1.54) is 38.5 Å². The molecule has 5 heterocycles. The Morgan fingerprint density at radius 3 is 1.07 bits per heavy atom. The van der Waals surface area contributed by atoms with Gasteiger partial charge in [-0.3, -0.25) is 9.13 Å². The van der Waals surface area contributed by atoms with Gasteiger partial charge < -0.3 is 9.13 Å². The van der Waals surface area contributed by atoms with Gasteiger partial charge in [0.05, 0.1) is 38.6 Å². The van der Waals surface area contributed by atoms with Gasteiger partial charge in [-0.1, -0.05) is 176 Å².